The molecule has 150 valence electrons. The van der Waals surface area contributed by atoms with E-state index in [9.17, 15) is 14.7 Å². The summed E-state index contributed by atoms with van der Waals surface area (Å²) in [6.45, 7) is 4.86. The number of ether oxygens (including phenoxy) is 1. The summed E-state index contributed by atoms with van der Waals surface area (Å²) in [6.07, 6.45) is 8.44. The van der Waals surface area contributed by atoms with Crippen LogP contribution in [0, 0.1) is 5.92 Å². The second-order valence-electron chi connectivity index (χ2n) is 7.87. The molecule has 0 aliphatic heterocycles. The highest BCUT2D eigenvalue weighted by atomic mass is 16.5. The van der Waals surface area contributed by atoms with Crippen molar-refractivity contribution >= 4 is 11.2 Å². The lowest BCUT2D eigenvalue weighted by atomic mass is 9.97. The van der Waals surface area contributed by atoms with Crippen molar-refractivity contribution in [2.24, 2.45) is 13.0 Å². The van der Waals surface area contributed by atoms with Crippen LogP contribution >= 0.6 is 0 Å². The Morgan fingerprint density at radius 1 is 1.32 bits per heavy atom. The molecule has 1 N–H and O–H groups in total. The topological polar surface area (TPSA) is 91.3 Å². The van der Waals surface area contributed by atoms with E-state index in [4.69, 9.17) is 4.74 Å². The molecule has 0 spiro atoms. The van der Waals surface area contributed by atoms with Gasteiger partial charge in [-0.05, 0) is 39.0 Å². The molecule has 2 aromatic heterocycles. The van der Waals surface area contributed by atoms with Crippen LogP contribution in [0.15, 0.2) is 33.4 Å². The predicted octanol–water partition coefficient (Wildman–Crippen LogP) is 1.34. The lowest BCUT2D eigenvalue weighted by Crippen LogP contribution is -2.42. The Morgan fingerprint density at radius 2 is 2.07 bits per heavy atom. The van der Waals surface area contributed by atoms with Crippen LogP contribution in [0.25, 0.3) is 11.2 Å². The minimum absolute atomic E-state index is 0.00879. The molecule has 2 heterocycles. The number of fused-ring (bicyclic) bond motifs is 1. The standard InChI is InChI=1S/C20H26N4O4/c1-4-28-18-21-16-15(23(18)11-14-7-5-13(2)6-8-14)17(25)24(19(26)22(16)3)12-20(27)9-10-20/h5-7,14,27H,4,8-12H2,1-3H3. The van der Waals surface area contributed by atoms with Crippen LogP contribution in [-0.2, 0) is 20.1 Å². The van der Waals surface area contributed by atoms with Gasteiger partial charge in [0.1, 0.15) is 0 Å². The number of aliphatic hydroxyl groups is 1. The average molecular weight is 386 g/mol. The molecular formula is C20H26N4O4. The molecule has 0 amide bonds. The molecule has 2 aliphatic carbocycles. The summed E-state index contributed by atoms with van der Waals surface area (Å²) in [4.78, 5) is 30.4. The van der Waals surface area contributed by atoms with Crippen LogP contribution < -0.4 is 16.0 Å². The molecule has 2 aromatic rings. The van der Waals surface area contributed by atoms with Crippen LogP contribution in [-0.4, -0.2) is 36.0 Å². The molecule has 8 heteroatoms. The van der Waals surface area contributed by atoms with Crippen molar-refractivity contribution in [2.45, 2.75) is 51.8 Å². The second-order valence-corrected chi connectivity index (χ2v) is 7.87. The Kier molecular flexibility index (Phi) is 4.53. The van der Waals surface area contributed by atoms with Gasteiger partial charge in [0.2, 0.25) is 0 Å². The van der Waals surface area contributed by atoms with E-state index in [0.717, 1.165) is 11.0 Å². The van der Waals surface area contributed by atoms with Crippen LogP contribution in [0.4, 0.5) is 0 Å². The number of hydrogen-bond donors (Lipinski definition) is 1. The SMILES string of the molecule is CCOc1nc2c(c(=O)n(CC3(O)CC3)c(=O)n2C)n1CC1C=CC(C)=CC1. The van der Waals surface area contributed by atoms with Gasteiger partial charge >= 0.3 is 5.69 Å². The second kappa shape index (κ2) is 6.77. The van der Waals surface area contributed by atoms with E-state index in [1.165, 1.54) is 10.1 Å². The molecule has 2 aliphatic rings. The monoisotopic (exact) mass is 386 g/mol. The highest BCUT2D eigenvalue weighted by Gasteiger charge is 2.41. The number of rotatable bonds is 6. The van der Waals surface area contributed by atoms with Crippen molar-refractivity contribution in [3.8, 4) is 6.01 Å². The van der Waals surface area contributed by atoms with Gasteiger partial charge in [0.15, 0.2) is 11.2 Å². The van der Waals surface area contributed by atoms with E-state index < -0.39 is 16.9 Å². The summed E-state index contributed by atoms with van der Waals surface area (Å²) in [5.74, 6) is 0.206. The zero-order valence-corrected chi connectivity index (χ0v) is 16.5. The number of aryl methyl sites for hydroxylation is 1. The minimum Gasteiger partial charge on any atom is -0.465 e. The van der Waals surface area contributed by atoms with Gasteiger partial charge < -0.3 is 9.84 Å². The third kappa shape index (κ3) is 3.22. The molecule has 1 fully saturated rings. The third-order valence-corrected chi connectivity index (χ3v) is 5.54. The molecule has 1 unspecified atom stereocenters. The summed E-state index contributed by atoms with van der Waals surface area (Å²) in [6, 6.07) is 0.340. The van der Waals surface area contributed by atoms with E-state index in [0.29, 0.717) is 43.2 Å². The summed E-state index contributed by atoms with van der Waals surface area (Å²) >= 11 is 0. The Hall–Kier alpha value is -2.61. The average Bonchev–Trinajstić information content (AvgIpc) is 3.29. The van der Waals surface area contributed by atoms with Crippen LogP contribution in [0.5, 0.6) is 6.01 Å². The van der Waals surface area contributed by atoms with Crippen molar-refractivity contribution in [3.05, 3.63) is 44.6 Å². The van der Waals surface area contributed by atoms with Crippen molar-refractivity contribution in [1.82, 2.24) is 18.7 Å². The van der Waals surface area contributed by atoms with Gasteiger partial charge in [0.05, 0.1) is 18.8 Å². The maximum Gasteiger partial charge on any atom is 0.332 e. The van der Waals surface area contributed by atoms with Gasteiger partial charge in [0.25, 0.3) is 11.6 Å². The summed E-state index contributed by atoms with van der Waals surface area (Å²) in [5.41, 5.74) is 0.0220. The number of imidazole rings is 1. The van der Waals surface area contributed by atoms with Gasteiger partial charge in [-0.3, -0.25) is 18.5 Å². The fourth-order valence-electron chi connectivity index (χ4n) is 3.64. The molecule has 4 rings (SSSR count). The quantitative estimate of drug-likeness (QED) is 0.809. The van der Waals surface area contributed by atoms with E-state index in [1.54, 1.807) is 11.6 Å². The van der Waals surface area contributed by atoms with Gasteiger partial charge in [0, 0.05) is 13.6 Å². The normalized spacial score (nSPS) is 20.4. The van der Waals surface area contributed by atoms with E-state index in [-0.39, 0.29) is 12.5 Å². The van der Waals surface area contributed by atoms with E-state index >= 15 is 0 Å². The number of allylic oxidation sites excluding steroid dienone is 4. The summed E-state index contributed by atoms with van der Waals surface area (Å²) in [7, 11) is 1.59. The molecule has 0 saturated heterocycles. The van der Waals surface area contributed by atoms with Gasteiger partial charge in [-0.15, -0.1) is 0 Å². The minimum atomic E-state index is -0.953. The van der Waals surface area contributed by atoms with Gasteiger partial charge in [-0.1, -0.05) is 23.8 Å². The molecule has 0 bridgehead atoms. The highest BCUT2D eigenvalue weighted by Crippen LogP contribution is 2.36. The van der Waals surface area contributed by atoms with Crippen molar-refractivity contribution in [2.75, 3.05) is 6.61 Å². The largest absolute Gasteiger partial charge is 0.465 e. The first-order valence-corrected chi connectivity index (χ1v) is 9.73. The molecule has 0 radical (unpaired) electrons. The first-order chi connectivity index (χ1) is 13.3. The lowest BCUT2D eigenvalue weighted by molar-refractivity contribution is 0.126. The third-order valence-electron chi connectivity index (χ3n) is 5.54. The maximum absolute atomic E-state index is 13.2. The summed E-state index contributed by atoms with van der Waals surface area (Å²) < 4.78 is 9.95. The zero-order valence-electron chi connectivity index (χ0n) is 16.5. The van der Waals surface area contributed by atoms with Gasteiger partial charge in [-0.2, -0.15) is 4.98 Å². The molecule has 1 atom stereocenters. The number of aromatic nitrogens is 4. The smallest absolute Gasteiger partial charge is 0.332 e. The first kappa shape index (κ1) is 18.7. The Labute approximate surface area is 162 Å². The molecular weight excluding hydrogens is 360 g/mol. The molecule has 0 aromatic carbocycles. The maximum atomic E-state index is 13.2. The number of hydrogen-bond acceptors (Lipinski definition) is 5. The summed E-state index contributed by atoms with van der Waals surface area (Å²) in [5, 5.41) is 10.3. The first-order valence-electron chi connectivity index (χ1n) is 9.73. The number of nitrogens with zero attached hydrogens (tertiary/aromatic N) is 4. The van der Waals surface area contributed by atoms with Crippen LogP contribution in [0.2, 0.25) is 0 Å². The van der Waals surface area contributed by atoms with Crippen molar-refractivity contribution < 1.29 is 9.84 Å². The molecule has 8 nitrogen and oxygen atoms in total. The Morgan fingerprint density at radius 3 is 2.68 bits per heavy atom. The van der Waals surface area contributed by atoms with Crippen LogP contribution in [0.3, 0.4) is 0 Å². The Balaban J connectivity index is 1.86. The van der Waals surface area contributed by atoms with Crippen LogP contribution in [0.1, 0.15) is 33.1 Å². The van der Waals surface area contributed by atoms with Crippen molar-refractivity contribution in [1.29, 1.82) is 0 Å². The zero-order chi connectivity index (χ0) is 20.1. The Bertz CT molecular complexity index is 1100. The van der Waals surface area contributed by atoms with E-state index in [1.807, 2.05) is 6.92 Å². The fourth-order valence-corrected chi connectivity index (χ4v) is 3.64. The van der Waals surface area contributed by atoms with Crippen molar-refractivity contribution in [3.63, 3.8) is 0 Å². The highest BCUT2D eigenvalue weighted by molar-refractivity contribution is 5.72. The lowest BCUT2D eigenvalue weighted by Gasteiger charge is -2.18. The molecule has 28 heavy (non-hydrogen) atoms. The van der Waals surface area contributed by atoms with E-state index in [2.05, 4.69) is 30.1 Å². The van der Waals surface area contributed by atoms with Gasteiger partial charge in [-0.25, -0.2) is 4.79 Å². The molecule has 1 saturated carbocycles. The fraction of sp³-hybridized carbons (Fsp3) is 0.550. The predicted molar refractivity (Wildman–Crippen MR) is 106 cm³/mol.